The molecule has 1 aliphatic carbocycles. The summed E-state index contributed by atoms with van der Waals surface area (Å²) in [6.07, 6.45) is 3.67. The summed E-state index contributed by atoms with van der Waals surface area (Å²) < 4.78 is 43.1. The summed E-state index contributed by atoms with van der Waals surface area (Å²) >= 11 is 0. The Kier molecular flexibility index (Phi) is 7.16. The Labute approximate surface area is 196 Å². The molecular formula is C25H30F3N3O3. The molecule has 2 aromatic carbocycles. The van der Waals surface area contributed by atoms with Crippen LogP contribution >= 0.6 is 0 Å². The zero-order valence-corrected chi connectivity index (χ0v) is 19.1. The first-order valence-corrected chi connectivity index (χ1v) is 11.7. The average molecular weight is 478 g/mol. The minimum atomic E-state index is -1.28. The molecule has 4 rings (SSSR count). The number of carbonyl (C=O) groups excluding carboxylic acids is 1. The molecule has 1 saturated heterocycles. The van der Waals surface area contributed by atoms with Gasteiger partial charge >= 0.3 is 0 Å². The summed E-state index contributed by atoms with van der Waals surface area (Å²) in [7, 11) is 0. The van der Waals surface area contributed by atoms with Crippen LogP contribution in [0.2, 0.25) is 0 Å². The summed E-state index contributed by atoms with van der Waals surface area (Å²) in [5.41, 5.74) is -1.12. The van der Waals surface area contributed by atoms with Gasteiger partial charge in [-0.15, -0.1) is 0 Å². The quantitative estimate of drug-likeness (QED) is 0.491. The van der Waals surface area contributed by atoms with Crippen LogP contribution in [0.15, 0.2) is 30.3 Å². The molecule has 1 amide bonds. The number of carbonyl (C=O) groups is 1. The molecular weight excluding hydrogens is 447 g/mol. The molecule has 2 atom stereocenters. The first-order chi connectivity index (χ1) is 16.2. The summed E-state index contributed by atoms with van der Waals surface area (Å²) in [5.74, 6) is -3.70. The van der Waals surface area contributed by atoms with E-state index in [0.29, 0.717) is 12.8 Å². The largest absolute Gasteiger partial charge is 0.392 e. The standard InChI is InChI=1S/C25H30F3N3O3/c1-2-15-7-10-19(18(27)11-15)30-23-16(8-9-17(26)22(23)28)24(33)31-13-25(34,14-31)12-29-20-5-3-4-6-21(20)32/h7-11,20-21,29-30,32,34H,2-6,12-14H2,1H3. The lowest BCUT2D eigenvalue weighted by atomic mass is 9.89. The summed E-state index contributed by atoms with van der Waals surface area (Å²) in [4.78, 5) is 14.4. The zero-order chi connectivity index (χ0) is 24.5. The van der Waals surface area contributed by atoms with Gasteiger partial charge in [-0.3, -0.25) is 4.79 Å². The number of anilines is 2. The number of aryl methyl sites for hydroxylation is 1. The van der Waals surface area contributed by atoms with E-state index in [1.54, 1.807) is 6.07 Å². The molecule has 184 valence electrons. The van der Waals surface area contributed by atoms with Crippen LogP contribution in [-0.2, 0) is 6.42 Å². The van der Waals surface area contributed by atoms with Crippen molar-refractivity contribution in [3.05, 3.63) is 58.9 Å². The van der Waals surface area contributed by atoms with Gasteiger partial charge in [0.15, 0.2) is 11.6 Å². The van der Waals surface area contributed by atoms with E-state index in [0.717, 1.165) is 37.0 Å². The van der Waals surface area contributed by atoms with Crippen molar-refractivity contribution in [3.8, 4) is 0 Å². The summed E-state index contributed by atoms with van der Waals surface area (Å²) in [6.45, 7) is 2.07. The van der Waals surface area contributed by atoms with Crippen LogP contribution in [0.3, 0.4) is 0 Å². The van der Waals surface area contributed by atoms with Crippen LogP contribution < -0.4 is 10.6 Å². The average Bonchev–Trinajstić information content (AvgIpc) is 2.80. The number of aliphatic hydroxyl groups is 2. The van der Waals surface area contributed by atoms with Crippen molar-refractivity contribution in [2.24, 2.45) is 0 Å². The molecule has 1 aliphatic heterocycles. The van der Waals surface area contributed by atoms with Crippen LogP contribution in [-0.4, -0.2) is 58.4 Å². The number of amides is 1. The van der Waals surface area contributed by atoms with Crippen molar-refractivity contribution in [1.82, 2.24) is 10.2 Å². The lowest BCUT2D eigenvalue weighted by molar-refractivity contribution is -0.0824. The molecule has 0 spiro atoms. The maximum absolute atomic E-state index is 14.7. The number of rotatable bonds is 7. The van der Waals surface area contributed by atoms with Gasteiger partial charge in [-0.25, -0.2) is 13.2 Å². The molecule has 0 radical (unpaired) electrons. The van der Waals surface area contributed by atoms with Crippen molar-refractivity contribution in [3.63, 3.8) is 0 Å². The van der Waals surface area contributed by atoms with Crippen LogP contribution in [0, 0.1) is 17.5 Å². The lowest BCUT2D eigenvalue weighted by Crippen LogP contribution is -2.68. The Morgan fingerprint density at radius 3 is 2.53 bits per heavy atom. The number of β-amino-alcohol motifs (C(OH)–C–C–N with tert-alkyl or cyclic N) is 1. The van der Waals surface area contributed by atoms with Gasteiger partial charge in [0.25, 0.3) is 5.91 Å². The van der Waals surface area contributed by atoms with E-state index in [1.165, 1.54) is 17.0 Å². The minimum Gasteiger partial charge on any atom is -0.392 e. The molecule has 9 heteroatoms. The van der Waals surface area contributed by atoms with Gasteiger partial charge in [0.1, 0.15) is 11.4 Å². The van der Waals surface area contributed by atoms with Crippen LogP contribution in [0.4, 0.5) is 24.5 Å². The Morgan fingerprint density at radius 2 is 1.85 bits per heavy atom. The van der Waals surface area contributed by atoms with Crippen molar-refractivity contribution in [1.29, 1.82) is 0 Å². The van der Waals surface area contributed by atoms with E-state index in [-0.39, 0.29) is 36.9 Å². The Balaban J connectivity index is 1.46. The number of hydrogen-bond donors (Lipinski definition) is 4. The molecule has 0 bridgehead atoms. The maximum atomic E-state index is 14.7. The van der Waals surface area contributed by atoms with Crippen LogP contribution in [0.25, 0.3) is 0 Å². The van der Waals surface area contributed by atoms with E-state index < -0.39 is 40.8 Å². The molecule has 2 aliphatic rings. The first kappa shape index (κ1) is 24.5. The molecule has 4 N–H and O–H groups in total. The monoisotopic (exact) mass is 477 g/mol. The van der Waals surface area contributed by atoms with E-state index in [2.05, 4.69) is 10.6 Å². The number of halogens is 3. The fraction of sp³-hybridized carbons (Fsp3) is 0.480. The van der Waals surface area contributed by atoms with Gasteiger partial charge in [-0.2, -0.15) is 0 Å². The highest BCUT2D eigenvalue weighted by Crippen LogP contribution is 2.32. The van der Waals surface area contributed by atoms with Gasteiger partial charge in [-0.1, -0.05) is 25.8 Å². The fourth-order valence-electron chi connectivity index (χ4n) is 4.63. The summed E-state index contributed by atoms with van der Waals surface area (Å²) in [6, 6.07) is 6.28. The van der Waals surface area contributed by atoms with E-state index in [9.17, 15) is 28.2 Å². The fourth-order valence-corrected chi connectivity index (χ4v) is 4.63. The highest BCUT2D eigenvalue weighted by molar-refractivity contribution is 6.01. The number of aliphatic hydroxyl groups excluding tert-OH is 1. The molecule has 1 heterocycles. The van der Waals surface area contributed by atoms with Crippen molar-refractivity contribution < 1.29 is 28.2 Å². The maximum Gasteiger partial charge on any atom is 0.256 e. The molecule has 2 fully saturated rings. The highest BCUT2D eigenvalue weighted by Gasteiger charge is 2.45. The van der Waals surface area contributed by atoms with E-state index in [1.807, 2.05) is 6.92 Å². The van der Waals surface area contributed by atoms with E-state index >= 15 is 0 Å². The zero-order valence-electron chi connectivity index (χ0n) is 19.1. The predicted molar refractivity (Wildman–Crippen MR) is 123 cm³/mol. The second kappa shape index (κ2) is 9.93. The van der Waals surface area contributed by atoms with E-state index in [4.69, 9.17) is 0 Å². The van der Waals surface area contributed by atoms with Crippen LogP contribution in [0.1, 0.15) is 48.5 Å². The second-order valence-corrected chi connectivity index (χ2v) is 9.30. The van der Waals surface area contributed by atoms with Gasteiger partial charge in [0.2, 0.25) is 0 Å². The normalized spacial score (nSPS) is 21.8. The van der Waals surface area contributed by atoms with Gasteiger partial charge in [0, 0.05) is 12.6 Å². The molecule has 2 aromatic rings. The minimum absolute atomic E-state index is 0.000355. The van der Waals surface area contributed by atoms with Gasteiger partial charge in [0.05, 0.1) is 36.1 Å². The number of nitrogens with zero attached hydrogens (tertiary/aromatic N) is 1. The van der Waals surface area contributed by atoms with Crippen molar-refractivity contribution in [2.75, 3.05) is 25.0 Å². The Bertz CT molecular complexity index is 1060. The Hall–Kier alpha value is -2.62. The van der Waals surface area contributed by atoms with Crippen molar-refractivity contribution in [2.45, 2.75) is 56.8 Å². The lowest BCUT2D eigenvalue weighted by Gasteiger charge is -2.47. The molecule has 0 aromatic heterocycles. The smallest absolute Gasteiger partial charge is 0.256 e. The van der Waals surface area contributed by atoms with Gasteiger partial charge < -0.3 is 25.7 Å². The molecule has 6 nitrogen and oxygen atoms in total. The SMILES string of the molecule is CCc1ccc(Nc2c(C(=O)N3CC(O)(CNC4CCCCC4O)C3)ccc(F)c2F)c(F)c1. The van der Waals surface area contributed by atoms with Crippen LogP contribution in [0.5, 0.6) is 0 Å². The first-order valence-electron chi connectivity index (χ1n) is 11.7. The number of nitrogens with one attached hydrogen (secondary N) is 2. The highest BCUT2D eigenvalue weighted by atomic mass is 19.2. The molecule has 34 heavy (non-hydrogen) atoms. The third-order valence-electron chi connectivity index (χ3n) is 6.71. The molecule has 1 saturated carbocycles. The Morgan fingerprint density at radius 1 is 1.12 bits per heavy atom. The topological polar surface area (TPSA) is 84.8 Å². The van der Waals surface area contributed by atoms with Gasteiger partial charge in [-0.05, 0) is 49.1 Å². The number of likely N-dealkylation sites (tertiary alicyclic amines) is 1. The third kappa shape index (κ3) is 5.06. The van der Waals surface area contributed by atoms with Crippen molar-refractivity contribution >= 4 is 17.3 Å². The second-order valence-electron chi connectivity index (χ2n) is 9.30. The predicted octanol–water partition coefficient (Wildman–Crippen LogP) is 3.49. The third-order valence-corrected chi connectivity index (χ3v) is 6.71. The summed E-state index contributed by atoms with van der Waals surface area (Å²) in [5, 5.41) is 26.6. The molecule has 2 unspecified atom stereocenters. The number of hydrogen-bond acceptors (Lipinski definition) is 5. The number of benzene rings is 2.